The molecule has 1 aliphatic rings. The van der Waals surface area contributed by atoms with Crippen LogP contribution in [-0.2, 0) is 19.5 Å². The molecule has 3 heterocycles. The summed E-state index contributed by atoms with van der Waals surface area (Å²) in [5, 5.41) is 13.3. The third-order valence-corrected chi connectivity index (χ3v) is 6.74. The van der Waals surface area contributed by atoms with Crippen LogP contribution in [-0.4, -0.2) is 62.5 Å². The smallest absolute Gasteiger partial charge is 0.263 e. The minimum atomic E-state index is -0.181. The maximum absolute atomic E-state index is 13.3. The number of nitrogens with zero attached hydrogens (tertiary/aromatic N) is 5. The van der Waals surface area contributed by atoms with Gasteiger partial charge in [-0.15, -0.1) is 0 Å². The van der Waals surface area contributed by atoms with E-state index in [-0.39, 0.29) is 11.5 Å². The average Bonchev–Trinajstić information content (AvgIpc) is 3.47. The molecule has 202 valence electrons. The van der Waals surface area contributed by atoms with E-state index in [1.165, 1.54) is 12.4 Å². The predicted molar refractivity (Wildman–Crippen MR) is 149 cm³/mol. The van der Waals surface area contributed by atoms with E-state index in [9.17, 15) is 14.4 Å². The first-order valence-corrected chi connectivity index (χ1v) is 12.7. The third-order valence-electron chi connectivity index (χ3n) is 6.00. The van der Waals surface area contributed by atoms with Crippen LogP contribution in [0.3, 0.4) is 0 Å². The molecule has 5 rings (SSSR count). The zero-order chi connectivity index (χ0) is 27.9. The number of aldehydes is 1. The Labute approximate surface area is 234 Å². The fraction of sp³-hybridized carbons (Fsp3) is 0.231. The summed E-state index contributed by atoms with van der Waals surface area (Å²) in [5.74, 6) is 0.878. The third kappa shape index (κ3) is 6.69. The molecule has 0 saturated carbocycles. The van der Waals surface area contributed by atoms with Gasteiger partial charge in [-0.25, -0.2) is 14.5 Å². The van der Waals surface area contributed by atoms with Crippen molar-refractivity contribution in [2.75, 3.05) is 26.0 Å². The summed E-state index contributed by atoms with van der Waals surface area (Å²) >= 11 is 11.2. The fourth-order valence-corrected chi connectivity index (χ4v) is 4.25. The van der Waals surface area contributed by atoms with Crippen molar-refractivity contribution >= 4 is 41.3 Å². The Kier molecular flexibility index (Phi) is 9.07. The van der Waals surface area contributed by atoms with Crippen molar-refractivity contribution in [3.05, 3.63) is 97.4 Å². The summed E-state index contributed by atoms with van der Waals surface area (Å²) in [5.41, 5.74) is 3.10. The van der Waals surface area contributed by atoms with Gasteiger partial charge >= 0.3 is 0 Å². The number of rotatable bonds is 6. The number of fused-ring (bicyclic) bond motifs is 1. The lowest BCUT2D eigenvalue weighted by atomic mass is 10.1. The summed E-state index contributed by atoms with van der Waals surface area (Å²) in [6, 6.07) is 11.6. The largest absolute Gasteiger partial charge is 0.355 e. The van der Waals surface area contributed by atoms with Crippen LogP contribution in [0.5, 0.6) is 0 Å². The van der Waals surface area contributed by atoms with Gasteiger partial charge in [-0.1, -0.05) is 29.3 Å². The second kappa shape index (κ2) is 12.7. The lowest BCUT2D eigenvalue weighted by molar-refractivity contribution is 0.0962. The van der Waals surface area contributed by atoms with Gasteiger partial charge in [-0.2, -0.15) is 5.10 Å². The van der Waals surface area contributed by atoms with Gasteiger partial charge in [0.1, 0.15) is 18.4 Å². The molecule has 0 fully saturated rings. The molecule has 1 aliphatic heterocycles. The summed E-state index contributed by atoms with van der Waals surface area (Å²) in [6.45, 7) is 1.78. The lowest BCUT2D eigenvalue weighted by Crippen LogP contribution is -2.36. The van der Waals surface area contributed by atoms with Gasteiger partial charge in [0, 0.05) is 36.8 Å². The van der Waals surface area contributed by atoms with Crippen LogP contribution in [0.15, 0.2) is 53.6 Å². The summed E-state index contributed by atoms with van der Waals surface area (Å²) in [7, 11) is 3.59. The Bertz CT molecular complexity index is 1520. The Morgan fingerprint density at radius 3 is 2.56 bits per heavy atom. The van der Waals surface area contributed by atoms with Crippen LogP contribution >= 0.6 is 23.2 Å². The molecule has 2 aromatic carbocycles. The van der Waals surface area contributed by atoms with Gasteiger partial charge in [0.25, 0.3) is 11.5 Å². The minimum Gasteiger partial charge on any atom is -0.355 e. The molecule has 3 N–H and O–H groups in total. The van der Waals surface area contributed by atoms with E-state index in [0.717, 1.165) is 24.1 Å². The van der Waals surface area contributed by atoms with E-state index in [4.69, 9.17) is 28.2 Å². The highest BCUT2D eigenvalue weighted by Crippen LogP contribution is 2.22. The topological polar surface area (TPSA) is 138 Å². The summed E-state index contributed by atoms with van der Waals surface area (Å²) in [4.78, 5) is 46.3. The van der Waals surface area contributed by atoms with Crippen LogP contribution in [0.1, 0.15) is 37.8 Å². The van der Waals surface area contributed by atoms with Crippen molar-refractivity contribution < 1.29 is 9.59 Å². The molecular formula is C26H26Cl2N8O3. The second-order valence-electron chi connectivity index (χ2n) is 8.69. The van der Waals surface area contributed by atoms with Crippen molar-refractivity contribution in [3.8, 4) is 5.69 Å². The molecule has 0 unspecified atom stereocenters. The lowest BCUT2D eigenvalue weighted by Gasteiger charge is -2.25. The minimum absolute atomic E-state index is 0.101. The number of carbonyl (C=O) groups is 2. The Hall–Kier alpha value is -4.06. The molecule has 1 amide bonds. The quantitative estimate of drug-likeness (QED) is 0.301. The van der Waals surface area contributed by atoms with Crippen LogP contribution < -0.4 is 16.2 Å². The number of hydrogen-bond donors (Lipinski definition) is 3. The van der Waals surface area contributed by atoms with Gasteiger partial charge in [-0.05, 0) is 49.9 Å². The number of amides is 1. The number of hydrogen-bond acceptors (Lipinski definition) is 8. The van der Waals surface area contributed by atoms with Crippen molar-refractivity contribution in [1.82, 2.24) is 34.9 Å². The normalized spacial score (nSPS) is 12.6. The van der Waals surface area contributed by atoms with E-state index in [2.05, 4.69) is 30.7 Å². The van der Waals surface area contributed by atoms with Gasteiger partial charge in [0.05, 0.1) is 28.0 Å². The molecule has 0 bridgehead atoms. The maximum atomic E-state index is 13.3. The number of anilines is 1. The Balaban J connectivity index is 0.000000298. The Morgan fingerprint density at radius 1 is 1.15 bits per heavy atom. The zero-order valence-corrected chi connectivity index (χ0v) is 22.8. The number of nitrogens with one attached hydrogen (secondary N) is 3. The molecule has 4 aromatic rings. The molecule has 39 heavy (non-hydrogen) atoms. The van der Waals surface area contributed by atoms with E-state index in [0.29, 0.717) is 58.1 Å². The number of H-pyrrole nitrogens is 1. The number of aromatic nitrogens is 5. The highest BCUT2D eigenvalue weighted by Gasteiger charge is 2.22. The van der Waals surface area contributed by atoms with Crippen LogP contribution in [0.4, 0.5) is 5.95 Å². The van der Waals surface area contributed by atoms with Crippen LogP contribution in [0, 0.1) is 0 Å². The molecule has 0 radical (unpaired) electrons. The van der Waals surface area contributed by atoms with E-state index in [1.54, 1.807) is 48.0 Å². The van der Waals surface area contributed by atoms with E-state index in [1.807, 2.05) is 7.05 Å². The molecule has 0 aliphatic carbocycles. The highest BCUT2D eigenvalue weighted by atomic mass is 35.5. The first kappa shape index (κ1) is 28.0. The second-order valence-corrected chi connectivity index (χ2v) is 9.51. The molecule has 0 spiro atoms. The van der Waals surface area contributed by atoms with Gasteiger partial charge in [0.15, 0.2) is 0 Å². The first-order valence-electron chi connectivity index (χ1n) is 11.9. The predicted octanol–water partition coefficient (Wildman–Crippen LogP) is 3.12. The molecular weight excluding hydrogens is 543 g/mol. The molecule has 0 saturated heterocycles. The number of carbonyl (C=O) groups excluding carboxylic acids is 2. The van der Waals surface area contributed by atoms with Crippen molar-refractivity contribution in [2.24, 2.45) is 0 Å². The number of likely N-dealkylation sites (N-methyl/N-ethyl adjacent to an activating group) is 1. The van der Waals surface area contributed by atoms with Gasteiger partial charge in [-0.3, -0.25) is 19.5 Å². The summed E-state index contributed by atoms with van der Waals surface area (Å²) in [6.07, 6.45) is 2.80. The zero-order valence-electron chi connectivity index (χ0n) is 21.2. The van der Waals surface area contributed by atoms with Crippen molar-refractivity contribution in [1.29, 1.82) is 0 Å². The van der Waals surface area contributed by atoms with Crippen LogP contribution in [0.2, 0.25) is 10.0 Å². The number of halogens is 2. The number of benzene rings is 2. The monoisotopic (exact) mass is 568 g/mol. The first-order chi connectivity index (χ1) is 18.8. The van der Waals surface area contributed by atoms with Gasteiger partial charge < -0.3 is 15.5 Å². The van der Waals surface area contributed by atoms with E-state index >= 15 is 0 Å². The molecule has 11 nitrogen and oxygen atoms in total. The van der Waals surface area contributed by atoms with Crippen LogP contribution in [0.25, 0.3) is 5.69 Å². The SMILES string of the molecule is CNC(=O)c1ccc(-n2c(NCc3ncn[nH]3)nc3c(c2=O)CCN(C)C3)cc1.O=Cc1ccc(Cl)c(Cl)c1. The highest BCUT2D eigenvalue weighted by molar-refractivity contribution is 6.42. The molecule has 13 heteroatoms. The van der Waals surface area contributed by atoms with Crippen molar-refractivity contribution in [2.45, 2.75) is 19.5 Å². The standard InChI is InChI=1S/C19H22N8O2.C7H4Cl2O/c1-20-17(28)12-3-5-13(6-4-12)27-18(29)14-7-8-26(2)10-15(14)24-19(27)21-9-16-22-11-23-25-16;8-6-2-1-5(4-10)3-7(6)9/h3-6,11H,7-10H2,1-2H3,(H,20,28)(H,21,24)(H,22,23,25);1-4H. The van der Waals surface area contributed by atoms with E-state index < -0.39 is 0 Å². The summed E-state index contributed by atoms with van der Waals surface area (Å²) < 4.78 is 1.55. The fourth-order valence-electron chi connectivity index (χ4n) is 3.95. The molecule has 0 atom stereocenters. The average molecular weight is 569 g/mol. The Morgan fingerprint density at radius 2 is 1.92 bits per heavy atom. The number of aromatic amines is 1. The maximum Gasteiger partial charge on any atom is 0.263 e. The van der Waals surface area contributed by atoms with Crippen molar-refractivity contribution in [3.63, 3.8) is 0 Å². The van der Waals surface area contributed by atoms with Gasteiger partial charge in [0.2, 0.25) is 5.95 Å². The molecule has 2 aromatic heterocycles.